The van der Waals surface area contributed by atoms with Gasteiger partial charge >= 0.3 is 0 Å². The number of thioether (sulfide) groups is 1. The van der Waals surface area contributed by atoms with Crippen molar-refractivity contribution in [3.8, 4) is 0 Å². The fourth-order valence-corrected chi connectivity index (χ4v) is 4.68. The van der Waals surface area contributed by atoms with Crippen molar-refractivity contribution < 1.29 is 8.42 Å². The van der Waals surface area contributed by atoms with Gasteiger partial charge in [0.2, 0.25) is 10.0 Å². The van der Waals surface area contributed by atoms with E-state index in [2.05, 4.69) is 4.72 Å². The van der Waals surface area contributed by atoms with Crippen molar-refractivity contribution >= 4 is 27.5 Å². The Labute approximate surface area is 126 Å². The molecule has 0 spiro atoms. The fraction of sp³-hybridized carbons (Fsp3) is 0.571. The molecule has 6 heteroatoms. The van der Waals surface area contributed by atoms with Crippen LogP contribution in [-0.4, -0.2) is 25.5 Å². The number of nitrogens with one attached hydrogen (secondary N) is 1. The average Bonchev–Trinajstić information content (AvgIpc) is 2.40. The van der Waals surface area contributed by atoms with Crippen LogP contribution in [0.25, 0.3) is 0 Å². The van der Waals surface area contributed by atoms with Crippen LogP contribution in [-0.2, 0) is 10.0 Å². The van der Waals surface area contributed by atoms with Crippen molar-refractivity contribution in [2.24, 2.45) is 0 Å². The van der Waals surface area contributed by atoms with Gasteiger partial charge in [-0.15, -0.1) is 11.8 Å². The molecule has 0 saturated heterocycles. The summed E-state index contributed by atoms with van der Waals surface area (Å²) in [4.78, 5) is 0.927. The van der Waals surface area contributed by atoms with Crippen LogP contribution in [0.5, 0.6) is 0 Å². The molecule has 1 aromatic carbocycles. The first-order valence-corrected chi connectivity index (χ1v) is 9.44. The molecule has 0 unspecified atom stereocenters. The van der Waals surface area contributed by atoms with Crippen LogP contribution >= 0.6 is 11.8 Å². The summed E-state index contributed by atoms with van der Waals surface area (Å²) in [5.74, 6) is 0.592. The number of hydrogen-bond acceptors (Lipinski definition) is 4. The Bertz CT molecular complexity index is 526. The SMILES string of the molecule is CCC(C)(CC)NS(=O)(=O)CCSc1ccccc1N. The van der Waals surface area contributed by atoms with Crippen LogP contribution in [0.2, 0.25) is 0 Å². The van der Waals surface area contributed by atoms with Crippen molar-refractivity contribution in [1.29, 1.82) is 0 Å². The highest BCUT2D eigenvalue weighted by atomic mass is 32.2. The van der Waals surface area contributed by atoms with E-state index >= 15 is 0 Å². The first kappa shape index (κ1) is 17.3. The summed E-state index contributed by atoms with van der Waals surface area (Å²) in [5, 5.41) is 0. The van der Waals surface area contributed by atoms with Crippen LogP contribution in [0.15, 0.2) is 29.2 Å². The molecule has 0 aromatic heterocycles. The molecule has 0 atom stereocenters. The van der Waals surface area contributed by atoms with Crippen molar-refractivity contribution in [3.05, 3.63) is 24.3 Å². The van der Waals surface area contributed by atoms with Gasteiger partial charge in [0, 0.05) is 21.9 Å². The molecule has 0 aliphatic heterocycles. The van der Waals surface area contributed by atoms with Crippen LogP contribution in [0.1, 0.15) is 33.6 Å². The zero-order valence-electron chi connectivity index (χ0n) is 12.3. The van der Waals surface area contributed by atoms with Gasteiger partial charge in [-0.25, -0.2) is 13.1 Å². The second-order valence-electron chi connectivity index (χ2n) is 5.07. The molecule has 0 heterocycles. The van der Waals surface area contributed by atoms with Crippen LogP contribution in [0.4, 0.5) is 5.69 Å². The molecule has 1 aromatic rings. The van der Waals surface area contributed by atoms with Crippen LogP contribution in [0, 0.1) is 0 Å². The molecule has 3 N–H and O–H groups in total. The molecule has 0 aliphatic carbocycles. The standard InChI is InChI=1S/C14H24N2O2S2/c1-4-14(3,5-2)16-20(17,18)11-10-19-13-9-7-6-8-12(13)15/h6-9,16H,4-5,10-11,15H2,1-3H3. The average molecular weight is 316 g/mol. The topological polar surface area (TPSA) is 72.2 Å². The Kier molecular flexibility index (Phi) is 6.36. The van der Waals surface area contributed by atoms with Crippen LogP contribution in [0.3, 0.4) is 0 Å². The van der Waals surface area contributed by atoms with E-state index in [1.165, 1.54) is 11.8 Å². The molecule has 0 radical (unpaired) electrons. The quantitative estimate of drug-likeness (QED) is 0.571. The number of anilines is 1. The second kappa shape index (κ2) is 7.33. The molecular weight excluding hydrogens is 292 g/mol. The van der Waals surface area contributed by atoms with E-state index < -0.39 is 10.0 Å². The first-order chi connectivity index (χ1) is 9.32. The molecular formula is C14H24N2O2S2. The minimum Gasteiger partial charge on any atom is -0.398 e. The van der Waals surface area contributed by atoms with Gasteiger partial charge in [0.25, 0.3) is 0 Å². The van der Waals surface area contributed by atoms with E-state index in [1.807, 2.05) is 45.0 Å². The normalized spacial score (nSPS) is 12.6. The summed E-state index contributed by atoms with van der Waals surface area (Å²) < 4.78 is 27.0. The van der Waals surface area contributed by atoms with E-state index in [0.29, 0.717) is 11.4 Å². The Hall–Kier alpha value is -0.720. The molecule has 0 amide bonds. The minimum atomic E-state index is -3.26. The summed E-state index contributed by atoms with van der Waals surface area (Å²) in [7, 11) is -3.26. The van der Waals surface area contributed by atoms with Gasteiger partial charge < -0.3 is 5.73 Å². The number of sulfonamides is 1. The van der Waals surface area contributed by atoms with E-state index in [9.17, 15) is 8.42 Å². The lowest BCUT2D eigenvalue weighted by Gasteiger charge is -2.27. The van der Waals surface area contributed by atoms with Gasteiger partial charge in [0.05, 0.1) is 5.75 Å². The highest BCUT2D eigenvalue weighted by Crippen LogP contribution is 2.24. The molecule has 0 bridgehead atoms. The lowest BCUT2D eigenvalue weighted by Crippen LogP contribution is -2.46. The third-order valence-corrected chi connectivity index (χ3v) is 6.39. The van der Waals surface area contributed by atoms with E-state index in [-0.39, 0.29) is 11.3 Å². The molecule has 1 rings (SSSR count). The highest BCUT2D eigenvalue weighted by molar-refractivity contribution is 8.00. The summed E-state index contributed by atoms with van der Waals surface area (Å²) >= 11 is 1.47. The monoisotopic (exact) mass is 316 g/mol. The third kappa shape index (κ3) is 5.34. The lowest BCUT2D eigenvalue weighted by atomic mass is 9.98. The van der Waals surface area contributed by atoms with Gasteiger partial charge in [-0.2, -0.15) is 0 Å². The van der Waals surface area contributed by atoms with Gasteiger partial charge in [-0.3, -0.25) is 0 Å². The lowest BCUT2D eigenvalue weighted by molar-refractivity contribution is 0.389. The Morgan fingerprint density at radius 3 is 2.40 bits per heavy atom. The summed E-state index contributed by atoms with van der Waals surface area (Å²) in [6, 6.07) is 7.49. The Morgan fingerprint density at radius 2 is 1.85 bits per heavy atom. The van der Waals surface area contributed by atoms with E-state index in [4.69, 9.17) is 5.73 Å². The predicted molar refractivity (Wildman–Crippen MR) is 87.5 cm³/mol. The molecule has 20 heavy (non-hydrogen) atoms. The van der Waals surface area contributed by atoms with Crippen molar-refractivity contribution in [3.63, 3.8) is 0 Å². The number of nitrogens with two attached hydrogens (primary N) is 1. The second-order valence-corrected chi connectivity index (χ2v) is 8.05. The van der Waals surface area contributed by atoms with Crippen LogP contribution < -0.4 is 10.5 Å². The first-order valence-electron chi connectivity index (χ1n) is 6.81. The van der Waals surface area contributed by atoms with Gasteiger partial charge in [-0.1, -0.05) is 26.0 Å². The third-order valence-electron chi connectivity index (χ3n) is 3.49. The van der Waals surface area contributed by atoms with Gasteiger partial charge in [0.15, 0.2) is 0 Å². The maximum atomic E-state index is 12.1. The Balaban J connectivity index is 2.54. The summed E-state index contributed by atoms with van der Waals surface area (Å²) in [6.07, 6.45) is 1.56. The number of hydrogen-bond donors (Lipinski definition) is 2. The zero-order valence-corrected chi connectivity index (χ0v) is 14.0. The van der Waals surface area contributed by atoms with Crippen molar-refractivity contribution in [2.45, 2.75) is 44.0 Å². The van der Waals surface area contributed by atoms with Gasteiger partial charge in [0.1, 0.15) is 0 Å². The molecule has 0 aliphatic rings. The maximum absolute atomic E-state index is 12.1. The van der Waals surface area contributed by atoms with Gasteiger partial charge in [-0.05, 0) is 31.9 Å². The number of rotatable bonds is 8. The fourth-order valence-electron chi connectivity index (χ4n) is 1.69. The van der Waals surface area contributed by atoms with Crippen molar-refractivity contribution in [1.82, 2.24) is 4.72 Å². The molecule has 4 nitrogen and oxygen atoms in total. The number of nitrogen functional groups attached to an aromatic ring is 1. The summed E-state index contributed by atoms with van der Waals surface area (Å²) in [5.41, 5.74) is 6.17. The zero-order chi connectivity index (χ0) is 15.2. The number of benzene rings is 1. The van der Waals surface area contributed by atoms with Crippen molar-refractivity contribution in [2.75, 3.05) is 17.2 Å². The smallest absolute Gasteiger partial charge is 0.212 e. The minimum absolute atomic E-state index is 0.0988. The maximum Gasteiger partial charge on any atom is 0.212 e. The highest BCUT2D eigenvalue weighted by Gasteiger charge is 2.25. The molecule has 0 fully saturated rings. The van der Waals surface area contributed by atoms with E-state index in [1.54, 1.807) is 0 Å². The van der Waals surface area contributed by atoms with E-state index in [0.717, 1.165) is 17.7 Å². The molecule has 114 valence electrons. The summed E-state index contributed by atoms with van der Waals surface area (Å²) in [6.45, 7) is 5.92. The predicted octanol–water partition coefficient (Wildman–Crippen LogP) is 2.86. The largest absolute Gasteiger partial charge is 0.398 e. The number of para-hydroxylation sites is 1. The molecule has 0 saturated carbocycles. The Morgan fingerprint density at radius 1 is 1.25 bits per heavy atom.